The molecule has 0 bridgehead atoms. The molecule has 110 valence electrons. The van der Waals surface area contributed by atoms with Gasteiger partial charge in [-0.1, -0.05) is 13.8 Å². The summed E-state index contributed by atoms with van der Waals surface area (Å²) < 4.78 is 0. The van der Waals surface area contributed by atoms with Crippen LogP contribution in [-0.2, 0) is 9.59 Å². The van der Waals surface area contributed by atoms with Crippen LogP contribution < -0.4 is 11.1 Å². The first kappa shape index (κ1) is 17.2. The van der Waals surface area contributed by atoms with Gasteiger partial charge in [-0.3, -0.25) is 9.59 Å². The Morgan fingerprint density at radius 1 is 1.21 bits per heavy atom. The molecule has 0 saturated heterocycles. The molecule has 1 atom stereocenters. The molecule has 7 heteroatoms. The highest BCUT2D eigenvalue weighted by Crippen LogP contribution is 2.05. The number of carboxylic acids is 1. The molecule has 0 radical (unpaired) electrons. The first-order valence-corrected chi connectivity index (χ1v) is 6.25. The maximum absolute atomic E-state index is 12.0. The van der Waals surface area contributed by atoms with E-state index in [9.17, 15) is 14.4 Å². The van der Waals surface area contributed by atoms with Gasteiger partial charge in [0.1, 0.15) is 6.04 Å². The third kappa shape index (κ3) is 6.08. The number of nitrogens with one attached hydrogen (secondary N) is 1. The number of rotatable bonds is 7. The van der Waals surface area contributed by atoms with Crippen LogP contribution in [0.25, 0.3) is 0 Å². The third-order valence-electron chi connectivity index (χ3n) is 2.70. The van der Waals surface area contributed by atoms with Gasteiger partial charge in [-0.25, -0.2) is 4.79 Å². The zero-order chi connectivity index (χ0) is 15.2. The summed E-state index contributed by atoms with van der Waals surface area (Å²) in [4.78, 5) is 35.2. The number of carboxylic acid groups (broad SMARTS) is 1. The third-order valence-corrected chi connectivity index (χ3v) is 2.70. The summed E-state index contributed by atoms with van der Waals surface area (Å²) in [5.41, 5.74) is 5.22. The van der Waals surface area contributed by atoms with Gasteiger partial charge in [0.05, 0.1) is 6.42 Å². The van der Waals surface area contributed by atoms with Crippen molar-refractivity contribution in [2.45, 2.75) is 46.2 Å². The summed E-state index contributed by atoms with van der Waals surface area (Å²) in [7, 11) is 0. The van der Waals surface area contributed by atoms with Gasteiger partial charge in [0, 0.05) is 12.6 Å². The monoisotopic (exact) mass is 273 g/mol. The Morgan fingerprint density at radius 2 is 1.74 bits per heavy atom. The second-order valence-electron chi connectivity index (χ2n) is 5.00. The van der Waals surface area contributed by atoms with Gasteiger partial charge in [-0.2, -0.15) is 0 Å². The molecule has 0 aliphatic rings. The summed E-state index contributed by atoms with van der Waals surface area (Å²) in [6.07, 6.45) is -0.144. The van der Waals surface area contributed by atoms with Crippen molar-refractivity contribution >= 4 is 17.9 Å². The summed E-state index contributed by atoms with van der Waals surface area (Å²) in [5, 5.41) is 11.2. The predicted octanol–water partition coefficient (Wildman–Crippen LogP) is 0.391. The quantitative estimate of drug-likeness (QED) is 0.622. The molecular formula is C12H23N3O4. The van der Waals surface area contributed by atoms with E-state index in [0.717, 1.165) is 0 Å². The molecule has 0 aromatic carbocycles. The van der Waals surface area contributed by atoms with Crippen LogP contribution in [0.3, 0.4) is 0 Å². The van der Waals surface area contributed by atoms with E-state index in [1.54, 1.807) is 27.7 Å². The molecule has 0 aromatic rings. The van der Waals surface area contributed by atoms with Crippen molar-refractivity contribution in [2.24, 2.45) is 11.7 Å². The van der Waals surface area contributed by atoms with Gasteiger partial charge in [-0.15, -0.1) is 0 Å². The number of primary amides is 1. The number of nitrogens with two attached hydrogens (primary N) is 1. The number of hydrogen-bond donors (Lipinski definition) is 3. The smallest absolute Gasteiger partial charge is 0.318 e. The number of urea groups is 1. The molecule has 7 nitrogen and oxygen atoms in total. The van der Waals surface area contributed by atoms with Gasteiger partial charge < -0.3 is 21.1 Å². The summed E-state index contributed by atoms with van der Waals surface area (Å²) >= 11 is 0. The molecule has 19 heavy (non-hydrogen) atoms. The predicted molar refractivity (Wildman–Crippen MR) is 70.4 cm³/mol. The van der Waals surface area contributed by atoms with Gasteiger partial charge >= 0.3 is 12.0 Å². The molecule has 0 spiro atoms. The maximum atomic E-state index is 12.0. The highest BCUT2D eigenvalue weighted by molar-refractivity contribution is 5.86. The Balaban J connectivity index is 4.71. The molecular weight excluding hydrogens is 250 g/mol. The topological polar surface area (TPSA) is 113 Å². The molecule has 1 unspecified atom stereocenters. The van der Waals surface area contributed by atoms with Gasteiger partial charge in [0.25, 0.3) is 0 Å². The minimum absolute atomic E-state index is 0.0857. The van der Waals surface area contributed by atoms with Crippen molar-refractivity contribution in [3.8, 4) is 0 Å². The number of carbonyl (C=O) groups is 3. The first-order chi connectivity index (χ1) is 8.66. The van der Waals surface area contributed by atoms with Crippen LogP contribution >= 0.6 is 0 Å². The minimum Gasteiger partial charge on any atom is -0.481 e. The zero-order valence-electron chi connectivity index (χ0n) is 11.8. The van der Waals surface area contributed by atoms with Crippen LogP contribution in [0.5, 0.6) is 0 Å². The normalized spacial score (nSPS) is 12.3. The fourth-order valence-electron chi connectivity index (χ4n) is 1.59. The number of hydrogen-bond acceptors (Lipinski definition) is 3. The van der Waals surface area contributed by atoms with E-state index in [1.165, 1.54) is 4.90 Å². The highest BCUT2D eigenvalue weighted by Gasteiger charge is 2.25. The van der Waals surface area contributed by atoms with Crippen molar-refractivity contribution in [3.63, 3.8) is 0 Å². The molecule has 0 fully saturated rings. The average molecular weight is 273 g/mol. The molecule has 0 rings (SSSR count). The van der Waals surface area contributed by atoms with E-state index < -0.39 is 23.9 Å². The zero-order valence-corrected chi connectivity index (χ0v) is 11.8. The molecule has 4 N–H and O–H groups in total. The molecule has 0 aromatic heterocycles. The standard InChI is InChI=1S/C12H23N3O4/c1-7(2)10(11(13)18)14-12(19)15(8(3)4)6-5-9(16)17/h7-8,10H,5-6H2,1-4H3,(H2,13,18)(H,14,19)(H,16,17). The van der Waals surface area contributed by atoms with Crippen molar-refractivity contribution in [1.82, 2.24) is 10.2 Å². The molecule has 0 heterocycles. The number of nitrogens with zero attached hydrogens (tertiary/aromatic N) is 1. The van der Waals surface area contributed by atoms with Crippen LogP contribution in [-0.4, -0.2) is 46.5 Å². The summed E-state index contributed by atoms with van der Waals surface area (Å²) in [6, 6.07) is -1.41. The number of aliphatic carboxylic acids is 1. The van der Waals surface area contributed by atoms with Gasteiger partial charge in [0.15, 0.2) is 0 Å². The fourth-order valence-corrected chi connectivity index (χ4v) is 1.59. The molecule has 0 saturated carbocycles. The molecule has 0 aliphatic carbocycles. The Bertz CT molecular complexity index is 342. The number of amides is 3. The van der Waals surface area contributed by atoms with Crippen molar-refractivity contribution < 1.29 is 19.5 Å². The first-order valence-electron chi connectivity index (χ1n) is 6.25. The van der Waals surface area contributed by atoms with Crippen molar-refractivity contribution in [1.29, 1.82) is 0 Å². The second kappa shape index (κ2) is 7.60. The van der Waals surface area contributed by atoms with E-state index in [4.69, 9.17) is 10.8 Å². The number of carbonyl (C=O) groups excluding carboxylic acids is 2. The van der Waals surface area contributed by atoms with Crippen LogP contribution in [0.15, 0.2) is 0 Å². The summed E-state index contributed by atoms with van der Waals surface area (Å²) in [5.74, 6) is -1.71. The average Bonchev–Trinajstić information content (AvgIpc) is 2.24. The maximum Gasteiger partial charge on any atom is 0.318 e. The lowest BCUT2D eigenvalue weighted by Crippen LogP contribution is -2.54. The largest absolute Gasteiger partial charge is 0.481 e. The van der Waals surface area contributed by atoms with Crippen molar-refractivity contribution in [2.75, 3.05) is 6.54 Å². The van der Waals surface area contributed by atoms with Crippen LogP contribution in [0.2, 0.25) is 0 Å². The van der Waals surface area contributed by atoms with E-state index in [-0.39, 0.29) is 24.9 Å². The minimum atomic E-state index is -0.978. The lowest BCUT2D eigenvalue weighted by atomic mass is 10.0. The van der Waals surface area contributed by atoms with Gasteiger partial charge in [-0.05, 0) is 19.8 Å². The van der Waals surface area contributed by atoms with E-state index in [1.807, 2.05) is 0 Å². The fraction of sp³-hybridized carbons (Fsp3) is 0.750. The molecule has 0 aliphatic heterocycles. The Hall–Kier alpha value is -1.79. The van der Waals surface area contributed by atoms with Crippen LogP contribution in [0, 0.1) is 5.92 Å². The highest BCUT2D eigenvalue weighted by atomic mass is 16.4. The molecule has 3 amide bonds. The lowest BCUT2D eigenvalue weighted by Gasteiger charge is -2.29. The second-order valence-corrected chi connectivity index (χ2v) is 5.00. The Kier molecular flexibility index (Phi) is 6.89. The Labute approximate surface area is 113 Å². The van der Waals surface area contributed by atoms with Gasteiger partial charge in [0.2, 0.25) is 5.91 Å². The van der Waals surface area contributed by atoms with E-state index >= 15 is 0 Å². The SMILES string of the molecule is CC(C)C(NC(=O)N(CCC(=O)O)C(C)C)C(N)=O. The van der Waals surface area contributed by atoms with Crippen LogP contribution in [0.4, 0.5) is 4.79 Å². The lowest BCUT2D eigenvalue weighted by molar-refractivity contribution is -0.137. The Morgan fingerprint density at radius 3 is 2.05 bits per heavy atom. The van der Waals surface area contributed by atoms with Crippen LogP contribution in [0.1, 0.15) is 34.1 Å². The van der Waals surface area contributed by atoms with E-state index in [2.05, 4.69) is 5.32 Å². The van der Waals surface area contributed by atoms with E-state index in [0.29, 0.717) is 0 Å². The summed E-state index contributed by atoms with van der Waals surface area (Å²) in [6.45, 7) is 7.17. The van der Waals surface area contributed by atoms with Crippen molar-refractivity contribution in [3.05, 3.63) is 0 Å².